The average molecular weight is 417 g/mol. The number of aldehydes is 1. The lowest BCUT2D eigenvalue weighted by Gasteiger charge is -2.12. The third-order valence-electron chi connectivity index (χ3n) is 4.50. The van der Waals surface area contributed by atoms with Crippen LogP contribution in [0.1, 0.15) is 21.5 Å². The van der Waals surface area contributed by atoms with Gasteiger partial charge in [0.25, 0.3) is 0 Å². The molecule has 3 aromatic rings. The van der Waals surface area contributed by atoms with Crippen molar-refractivity contribution in [2.75, 3.05) is 13.6 Å². The smallest absolute Gasteiger partial charge is 0.364 e. The summed E-state index contributed by atoms with van der Waals surface area (Å²) in [4.78, 5) is 25.6. The van der Waals surface area contributed by atoms with Crippen LogP contribution < -0.4 is 5.69 Å². The van der Waals surface area contributed by atoms with Crippen LogP contribution in [0.25, 0.3) is 11.2 Å². The van der Waals surface area contributed by atoms with Crippen LogP contribution >= 0.6 is 0 Å². The third kappa shape index (κ3) is 4.32. The summed E-state index contributed by atoms with van der Waals surface area (Å²) in [5, 5.41) is 7.06. The minimum absolute atomic E-state index is 0.234. The molecule has 0 radical (unpaired) electrons. The number of imidazole rings is 1. The number of pyridine rings is 1. The highest BCUT2D eigenvalue weighted by Crippen LogP contribution is 2.33. The van der Waals surface area contributed by atoms with Crippen molar-refractivity contribution in [3.63, 3.8) is 0 Å². The molecule has 0 aliphatic heterocycles. The fourth-order valence-corrected chi connectivity index (χ4v) is 3.04. The van der Waals surface area contributed by atoms with Crippen LogP contribution in [0, 0.1) is 0 Å². The molecule has 156 valence electrons. The molecule has 3 rings (SSSR count). The summed E-state index contributed by atoms with van der Waals surface area (Å²) in [6.45, 7) is 3.86. The highest BCUT2D eigenvalue weighted by atomic mass is 19.4. The second-order valence-electron chi connectivity index (χ2n) is 6.61. The van der Waals surface area contributed by atoms with Crippen molar-refractivity contribution in [3.05, 3.63) is 69.9 Å². The number of fused-ring (bicyclic) bond motifs is 1. The van der Waals surface area contributed by atoms with Crippen molar-refractivity contribution in [1.82, 2.24) is 13.9 Å². The molecule has 1 aromatic carbocycles. The maximum absolute atomic E-state index is 13.4. The molecule has 7 nitrogen and oxygen atoms in total. The molecule has 2 aromatic heterocycles. The van der Waals surface area contributed by atoms with E-state index in [0.29, 0.717) is 18.7 Å². The maximum atomic E-state index is 13.4. The van der Waals surface area contributed by atoms with Crippen molar-refractivity contribution < 1.29 is 18.0 Å². The van der Waals surface area contributed by atoms with Gasteiger partial charge in [0.15, 0.2) is 6.29 Å². The number of likely N-dealkylation sites (N-methyl/N-ethyl adjacent to an activating group) is 1. The third-order valence-corrected chi connectivity index (χ3v) is 4.50. The summed E-state index contributed by atoms with van der Waals surface area (Å²) >= 11 is 0. The van der Waals surface area contributed by atoms with Crippen LogP contribution in [-0.2, 0) is 12.6 Å². The van der Waals surface area contributed by atoms with Crippen molar-refractivity contribution in [3.8, 4) is 5.69 Å². The Morgan fingerprint density at radius 2 is 2.00 bits per heavy atom. The van der Waals surface area contributed by atoms with Gasteiger partial charge in [-0.05, 0) is 30.2 Å². The highest BCUT2D eigenvalue weighted by molar-refractivity contribution is 5.76. The predicted octanol–water partition coefficient (Wildman–Crippen LogP) is 3.04. The average Bonchev–Trinajstić information content (AvgIpc) is 3.06. The summed E-state index contributed by atoms with van der Waals surface area (Å²) < 4.78 is 42.3. The van der Waals surface area contributed by atoms with E-state index in [-0.39, 0.29) is 17.4 Å². The Balaban J connectivity index is 2.02. The molecule has 0 atom stereocenters. The lowest BCUT2D eigenvalue weighted by molar-refractivity contribution is -0.136. The number of hydrogen-bond donors (Lipinski definition) is 0. The van der Waals surface area contributed by atoms with Crippen molar-refractivity contribution in [1.29, 1.82) is 0 Å². The Hall–Kier alpha value is -3.69. The standard InChI is InChI=1S/C20H18F3N5O2/c1-24-25-13-26(2)7-6-14-4-3-5-16(8-14)27-11-18-17(20(21,22)23)9-15(12-29)10-28(18)19(27)30/h3-5,8-13H,1,6-7H2,2H3/b25-13-. The molecular formula is C20H18F3N5O2. The van der Waals surface area contributed by atoms with Gasteiger partial charge in [0.05, 0.1) is 16.8 Å². The fraction of sp³-hybridized carbons (Fsp3) is 0.200. The molecule has 0 bridgehead atoms. The van der Waals surface area contributed by atoms with Gasteiger partial charge in [0.1, 0.15) is 6.34 Å². The van der Waals surface area contributed by atoms with E-state index < -0.39 is 17.4 Å². The molecule has 2 heterocycles. The molecule has 0 N–H and O–H groups in total. The minimum Gasteiger partial charge on any atom is -0.364 e. The van der Waals surface area contributed by atoms with Crippen LogP contribution in [0.2, 0.25) is 0 Å². The quantitative estimate of drug-likeness (QED) is 0.257. The number of halogens is 3. The van der Waals surface area contributed by atoms with E-state index >= 15 is 0 Å². The predicted molar refractivity (Wildman–Crippen MR) is 108 cm³/mol. The summed E-state index contributed by atoms with van der Waals surface area (Å²) in [6, 6.07) is 7.67. The van der Waals surface area contributed by atoms with E-state index in [1.54, 1.807) is 23.1 Å². The Morgan fingerprint density at radius 1 is 1.23 bits per heavy atom. The maximum Gasteiger partial charge on any atom is 0.418 e. The highest BCUT2D eigenvalue weighted by Gasteiger charge is 2.34. The van der Waals surface area contributed by atoms with Crippen molar-refractivity contribution in [2.24, 2.45) is 10.2 Å². The molecule has 0 aliphatic carbocycles. The van der Waals surface area contributed by atoms with Gasteiger partial charge in [0, 0.05) is 38.3 Å². The molecule has 0 amide bonds. The molecule has 0 fully saturated rings. The molecular weight excluding hydrogens is 399 g/mol. The zero-order valence-corrected chi connectivity index (χ0v) is 16.0. The first-order chi connectivity index (χ1) is 14.2. The SMILES string of the molecule is C=N/N=C\N(C)CCc1cccc(-n2cc3c(C(F)(F)F)cc(C=O)cn3c2=O)c1. The number of nitrogens with zero attached hydrogens (tertiary/aromatic N) is 5. The van der Waals surface area contributed by atoms with Crippen LogP contribution in [0.3, 0.4) is 0 Å². The topological polar surface area (TPSA) is 71.4 Å². The molecule has 0 saturated carbocycles. The summed E-state index contributed by atoms with van der Waals surface area (Å²) in [7, 11) is 1.81. The van der Waals surface area contributed by atoms with Crippen molar-refractivity contribution >= 4 is 24.9 Å². The van der Waals surface area contributed by atoms with Gasteiger partial charge < -0.3 is 4.90 Å². The van der Waals surface area contributed by atoms with Gasteiger partial charge in [-0.3, -0.25) is 13.8 Å². The van der Waals surface area contributed by atoms with E-state index in [1.165, 1.54) is 6.34 Å². The molecule has 0 spiro atoms. The van der Waals surface area contributed by atoms with Gasteiger partial charge in [-0.1, -0.05) is 12.1 Å². The van der Waals surface area contributed by atoms with Gasteiger partial charge in [-0.15, -0.1) is 5.10 Å². The molecule has 0 saturated heterocycles. The van der Waals surface area contributed by atoms with Gasteiger partial charge in [-0.2, -0.15) is 18.3 Å². The van der Waals surface area contributed by atoms with E-state index in [1.807, 2.05) is 13.1 Å². The Kier molecular flexibility index (Phi) is 5.86. The van der Waals surface area contributed by atoms with Crippen LogP contribution in [0.5, 0.6) is 0 Å². The first kappa shape index (κ1) is 21.0. The van der Waals surface area contributed by atoms with E-state index in [9.17, 15) is 22.8 Å². The summed E-state index contributed by atoms with van der Waals surface area (Å²) in [5.41, 5.74) is -0.996. The molecule has 0 aliphatic rings. The Labute approximate surface area is 169 Å². The first-order valence-electron chi connectivity index (χ1n) is 8.83. The van der Waals surface area contributed by atoms with E-state index in [0.717, 1.165) is 33.0 Å². The number of benzene rings is 1. The van der Waals surface area contributed by atoms with Crippen LogP contribution in [0.4, 0.5) is 13.2 Å². The largest absolute Gasteiger partial charge is 0.418 e. The normalized spacial score (nSPS) is 11.9. The first-order valence-corrected chi connectivity index (χ1v) is 8.83. The van der Waals surface area contributed by atoms with Gasteiger partial charge in [-0.25, -0.2) is 4.79 Å². The number of alkyl halides is 3. The Morgan fingerprint density at radius 3 is 2.67 bits per heavy atom. The number of aromatic nitrogens is 2. The summed E-state index contributed by atoms with van der Waals surface area (Å²) in [6.07, 6.45) is -0.0720. The summed E-state index contributed by atoms with van der Waals surface area (Å²) in [5.74, 6) is 0. The lowest BCUT2D eigenvalue weighted by atomic mass is 10.1. The Bertz CT molecular complexity index is 1180. The second-order valence-corrected chi connectivity index (χ2v) is 6.61. The van der Waals surface area contributed by atoms with Gasteiger partial charge >= 0.3 is 11.9 Å². The van der Waals surface area contributed by atoms with E-state index in [2.05, 4.69) is 16.9 Å². The fourth-order valence-electron chi connectivity index (χ4n) is 3.04. The molecule has 0 unspecified atom stereocenters. The zero-order valence-electron chi connectivity index (χ0n) is 16.0. The van der Waals surface area contributed by atoms with E-state index in [4.69, 9.17) is 0 Å². The van der Waals surface area contributed by atoms with Crippen molar-refractivity contribution in [2.45, 2.75) is 12.6 Å². The molecule has 10 heteroatoms. The number of carbonyl (C=O) groups is 1. The zero-order chi connectivity index (χ0) is 21.9. The van der Waals surface area contributed by atoms with Crippen LogP contribution in [-0.4, -0.2) is 46.8 Å². The molecule has 30 heavy (non-hydrogen) atoms. The number of rotatable bonds is 7. The number of carbonyl (C=O) groups excluding carboxylic acids is 1. The monoisotopic (exact) mass is 417 g/mol. The van der Waals surface area contributed by atoms with Crippen LogP contribution in [0.15, 0.2) is 57.7 Å². The van der Waals surface area contributed by atoms with Gasteiger partial charge in [0.2, 0.25) is 0 Å². The number of hydrogen-bond acceptors (Lipinski definition) is 4. The lowest BCUT2D eigenvalue weighted by Crippen LogP contribution is -2.20. The second kappa shape index (κ2) is 8.36. The minimum atomic E-state index is -4.71.